The molecule has 0 saturated carbocycles. The van der Waals surface area contributed by atoms with Crippen LogP contribution in [0.15, 0.2) is 16.7 Å². The number of nitrogens with one attached hydrogen (secondary N) is 1. The molecule has 1 aliphatic rings. The summed E-state index contributed by atoms with van der Waals surface area (Å²) < 4.78 is 2.97. The molecule has 0 aliphatic carbocycles. The Morgan fingerprint density at radius 3 is 2.95 bits per heavy atom. The van der Waals surface area contributed by atoms with Crippen LogP contribution in [0, 0.1) is 0 Å². The standard InChI is InChI=1S/C13H20BrN3O.ClH/c1-3-16-9-10(14)7-12(16)13(18)17-6-4-5-11(17)8-15-2;/h7,9,11,15H,3-6,8H2,1-2H3;1H. The number of carbonyl (C=O) groups is 1. The van der Waals surface area contributed by atoms with Gasteiger partial charge in [-0.05, 0) is 48.8 Å². The maximum atomic E-state index is 12.6. The molecule has 0 spiro atoms. The first kappa shape index (κ1) is 16.5. The van der Waals surface area contributed by atoms with Crippen LogP contribution in [0.25, 0.3) is 0 Å². The summed E-state index contributed by atoms with van der Waals surface area (Å²) in [7, 11) is 1.94. The van der Waals surface area contributed by atoms with Gasteiger partial charge in [-0.15, -0.1) is 12.4 Å². The van der Waals surface area contributed by atoms with Gasteiger partial charge >= 0.3 is 0 Å². The van der Waals surface area contributed by atoms with Crippen molar-refractivity contribution in [3.8, 4) is 0 Å². The van der Waals surface area contributed by atoms with Crippen molar-refractivity contribution in [3.63, 3.8) is 0 Å². The van der Waals surface area contributed by atoms with Crippen LogP contribution in [0.3, 0.4) is 0 Å². The van der Waals surface area contributed by atoms with Gasteiger partial charge in [-0.2, -0.15) is 0 Å². The van der Waals surface area contributed by atoms with Gasteiger partial charge in [0.05, 0.1) is 0 Å². The van der Waals surface area contributed by atoms with Crippen LogP contribution >= 0.6 is 28.3 Å². The van der Waals surface area contributed by atoms with Crippen LogP contribution in [0.5, 0.6) is 0 Å². The molecule has 1 aromatic rings. The summed E-state index contributed by atoms with van der Waals surface area (Å²) in [4.78, 5) is 14.6. The Bertz CT molecular complexity index is 436. The molecule has 1 unspecified atom stereocenters. The molecule has 0 radical (unpaired) electrons. The average molecular weight is 351 g/mol. The predicted molar refractivity (Wildman–Crippen MR) is 83.0 cm³/mol. The number of hydrogen-bond acceptors (Lipinski definition) is 2. The second-order valence-corrected chi connectivity index (χ2v) is 5.60. The first-order valence-electron chi connectivity index (χ1n) is 6.48. The van der Waals surface area contributed by atoms with Crippen molar-refractivity contribution in [3.05, 3.63) is 22.4 Å². The van der Waals surface area contributed by atoms with Crippen molar-refractivity contribution in [2.24, 2.45) is 0 Å². The fourth-order valence-electron chi connectivity index (χ4n) is 2.61. The number of likely N-dealkylation sites (N-methyl/N-ethyl adjacent to an activating group) is 1. The Labute approximate surface area is 129 Å². The highest BCUT2D eigenvalue weighted by atomic mass is 79.9. The maximum absolute atomic E-state index is 12.6. The van der Waals surface area contributed by atoms with E-state index in [1.54, 1.807) is 0 Å². The molecule has 1 amide bonds. The Balaban J connectivity index is 0.00000180. The molecule has 1 saturated heterocycles. The Kier molecular flexibility index (Phi) is 6.36. The molecule has 19 heavy (non-hydrogen) atoms. The number of nitrogens with zero attached hydrogens (tertiary/aromatic N) is 2. The number of halogens is 2. The minimum atomic E-state index is 0. The van der Waals surface area contributed by atoms with E-state index in [2.05, 4.69) is 28.2 Å². The number of amides is 1. The third-order valence-electron chi connectivity index (χ3n) is 3.50. The highest BCUT2D eigenvalue weighted by molar-refractivity contribution is 9.10. The molecule has 1 N–H and O–H groups in total. The summed E-state index contributed by atoms with van der Waals surface area (Å²) in [5, 5.41) is 3.17. The van der Waals surface area contributed by atoms with Crippen molar-refractivity contribution in [2.75, 3.05) is 20.1 Å². The van der Waals surface area contributed by atoms with Crippen LogP contribution in [-0.2, 0) is 6.54 Å². The normalized spacial score (nSPS) is 18.5. The van der Waals surface area contributed by atoms with Gasteiger partial charge in [0, 0.05) is 36.3 Å². The van der Waals surface area contributed by atoms with E-state index >= 15 is 0 Å². The summed E-state index contributed by atoms with van der Waals surface area (Å²) in [6.07, 6.45) is 4.17. The molecule has 1 aliphatic heterocycles. The minimum absolute atomic E-state index is 0. The Morgan fingerprint density at radius 2 is 2.32 bits per heavy atom. The van der Waals surface area contributed by atoms with Crippen LogP contribution in [-0.4, -0.2) is 41.6 Å². The smallest absolute Gasteiger partial charge is 0.270 e. The predicted octanol–water partition coefficient (Wildman–Crippen LogP) is 2.52. The SMILES string of the molecule is CCn1cc(Br)cc1C(=O)N1CCCC1CNC.Cl. The van der Waals surface area contributed by atoms with Crippen LogP contribution in [0.1, 0.15) is 30.3 Å². The third-order valence-corrected chi connectivity index (χ3v) is 3.93. The molecule has 6 heteroatoms. The van der Waals surface area contributed by atoms with E-state index in [1.807, 2.05) is 28.8 Å². The molecule has 1 atom stereocenters. The zero-order valence-electron chi connectivity index (χ0n) is 11.4. The van der Waals surface area contributed by atoms with E-state index in [9.17, 15) is 4.79 Å². The summed E-state index contributed by atoms with van der Waals surface area (Å²) in [5.41, 5.74) is 0.785. The maximum Gasteiger partial charge on any atom is 0.270 e. The first-order valence-corrected chi connectivity index (χ1v) is 7.28. The fraction of sp³-hybridized carbons (Fsp3) is 0.615. The van der Waals surface area contributed by atoms with E-state index in [0.717, 1.165) is 42.6 Å². The van der Waals surface area contributed by atoms with Crippen molar-refractivity contribution < 1.29 is 4.79 Å². The second kappa shape index (κ2) is 7.31. The number of aryl methyl sites for hydroxylation is 1. The zero-order chi connectivity index (χ0) is 13.1. The highest BCUT2D eigenvalue weighted by Gasteiger charge is 2.30. The van der Waals surface area contributed by atoms with E-state index < -0.39 is 0 Å². The molecule has 4 nitrogen and oxygen atoms in total. The molecule has 0 bridgehead atoms. The Hall–Kier alpha value is -0.520. The third kappa shape index (κ3) is 3.52. The quantitative estimate of drug-likeness (QED) is 0.906. The topological polar surface area (TPSA) is 37.3 Å². The van der Waals surface area contributed by atoms with Gasteiger partial charge in [-0.1, -0.05) is 0 Å². The van der Waals surface area contributed by atoms with Crippen molar-refractivity contribution >= 4 is 34.2 Å². The van der Waals surface area contributed by atoms with E-state index in [1.165, 1.54) is 0 Å². The van der Waals surface area contributed by atoms with Crippen molar-refractivity contribution in [2.45, 2.75) is 32.4 Å². The van der Waals surface area contributed by atoms with Crippen LogP contribution in [0.2, 0.25) is 0 Å². The Morgan fingerprint density at radius 1 is 1.58 bits per heavy atom. The monoisotopic (exact) mass is 349 g/mol. The molecular weight excluding hydrogens is 330 g/mol. The summed E-state index contributed by atoms with van der Waals surface area (Å²) in [5.74, 6) is 0.153. The highest BCUT2D eigenvalue weighted by Crippen LogP contribution is 2.22. The number of rotatable bonds is 4. The lowest BCUT2D eigenvalue weighted by Crippen LogP contribution is -2.41. The number of aromatic nitrogens is 1. The van der Waals surface area contributed by atoms with Gasteiger partial charge in [0.2, 0.25) is 0 Å². The molecule has 2 rings (SSSR count). The largest absolute Gasteiger partial charge is 0.343 e. The second-order valence-electron chi connectivity index (χ2n) is 4.68. The van der Waals surface area contributed by atoms with Gasteiger partial charge < -0.3 is 14.8 Å². The van der Waals surface area contributed by atoms with Crippen LogP contribution < -0.4 is 5.32 Å². The zero-order valence-corrected chi connectivity index (χ0v) is 13.8. The van der Waals surface area contributed by atoms with Gasteiger partial charge in [-0.3, -0.25) is 4.79 Å². The minimum Gasteiger partial charge on any atom is -0.343 e. The number of hydrogen-bond donors (Lipinski definition) is 1. The molecule has 1 aromatic heterocycles. The van der Waals surface area contributed by atoms with Crippen molar-refractivity contribution in [1.29, 1.82) is 0 Å². The van der Waals surface area contributed by atoms with E-state index in [-0.39, 0.29) is 18.3 Å². The first-order chi connectivity index (χ1) is 8.67. The van der Waals surface area contributed by atoms with Gasteiger partial charge in [0.1, 0.15) is 5.69 Å². The summed E-state index contributed by atoms with van der Waals surface area (Å²) in [6, 6.07) is 2.25. The lowest BCUT2D eigenvalue weighted by atomic mass is 10.2. The van der Waals surface area contributed by atoms with Gasteiger partial charge in [0.25, 0.3) is 5.91 Å². The van der Waals surface area contributed by atoms with E-state index in [4.69, 9.17) is 0 Å². The lowest BCUT2D eigenvalue weighted by Gasteiger charge is -2.25. The lowest BCUT2D eigenvalue weighted by molar-refractivity contribution is 0.0726. The number of likely N-dealkylation sites (tertiary alicyclic amines) is 1. The van der Waals surface area contributed by atoms with Gasteiger partial charge in [0.15, 0.2) is 0 Å². The molecule has 1 fully saturated rings. The van der Waals surface area contributed by atoms with Crippen LogP contribution in [0.4, 0.5) is 0 Å². The summed E-state index contributed by atoms with van der Waals surface area (Å²) in [6.45, 7) is 4.62. The van der Waals surface area contributed by atoms with Gasteiger partial charge in [-0.25, -0.2) is 0 Å². The average Bonchev–Trinajstić information content (AvgIpc) is 2.95. The molecule has 0 aromatic carbocycles. The molecule has 108 valence electrons. The number of carbonyl (C=O) groups excluding carboxylic acids is 1. The van der Waals surface area contributed by atoms with Crippen molar-refractivity contribution in [1.82, 2.24) is 14.8 Å². The van der Waals surface area contributed by atoms with E-state index in [0.29, 0.717) is 6.04 Å². The molecular formula is C13H21BrClN3O. The fourth-order valence-corrected chi connectivity index (χ4v) is 3.08. The molecule has 2 heterocycles. The summed E-state index contributed by atoms with van der Waals surface area (Å²) >= 11 is 3.44.